The molecule has 1 saturated carbocycles. The molecule has 4 aliphatic heterocycles. The Bertz CT molecular complexity index is 2300. The van der Waals surface area contributed by atoms with Crippen LogP contribution in [0.1, 0.15) is 120 Å². The number of primary amides is 1. The van der Waals surface area contributed by atoms with Gasteiger partial charge in [-0.05, 0) is 53.5 Å². The molecule has 0 aromatic heterocycles. The predicted octanol–water partition coefficient (Wildman–Crippen LogP) is 1.75. The van der Waals surface area contributed by atoms with Gasteiger partial charge >= 0.3 is 12.1 Å². The first-order valence-corrected chi connectivity index (χ1v) is 25.3. The van der Waals surface area contributed by atoms with Gasteiger partial charge in [-0.2, -0.15) is 0 Å². The van der Waals surface area contributed by atoms with Crippen LogP contribution in [0.5, 0.6) is 5.75 Å². The minimum Gasteiger partial charge on any atom is -0.507 e. The molecule has 3 aliphatic carbocycles. The first-order valence-electron chi connectivity index (χ1n) is 25.3. The minimum absolute atomic E-state index is 0.0187. The summed E-state index contributed by atoms with van der Waals surface area (Å²) in [6.45, 7) is 12.4. The molecule has 1 amide bonds. The Morgan fingerprint density at radius 3 is 2.12 bits per heavy atom. The third-order valence-corrected chi connectivity index (χ3v) is 16.4. The fourth-order valence-electron chi connectivity index (χ4n) is 12.5. The van der Waals surface area contributed by atoms with Crippen LogP contribution in [0.3, 0.4) is 0 Å². The number of Topliss-reactive ketones (excluding diaryl/α,β-unsaturated/α-hetero) is 2. The van der Waals surface area contributed by atoms with Gasteiger partial charge < -0.3 is 93.2 Å². The van der Waals surface area contributed by atoms with E-state index >= 15 is 9.59 Å². The Labute approximate surface area is 428 Å². The van der Waals surface area contributed by atoms with E-state index in [0.29, 0.717) is 12.8 Å². The van der Waals surface area contributed by atoms with Crippen molar-refractivity contribution in [1.82, 2.24) is 0 Å². The fourth-order valence-corrected chi connectivity index (χ4v) is 12.5. The fraction of sp³-hybridized carbons (Fsp3) is 0.765. The van der Waals surface area contributed by atoms with E-state index in [1.54, 1.807) is 27.7 Å². The molecule has 0 radical (unpaired) electrons. The highest BCUT2D eigenvalue weighted by molar-refractivity contribution is 6.18. The number of aromatic hydroxyl groups is 1. The minimum atomic E-state index is -3.01. The topological polar surface area (TPSA) is 326 Å². The highest BCUT2D eigenvalue weighted by Crippen LogP contribution is 2.59. The second kappa shape index (κ2) is 21.6. The summed E-state index contributed by atoms with van der Waals surface area (Å²) < 4.78 is 71.6. The molecule has 4 heterocycles. The van der Waals surface area contributed by atoms with Crippen molar-refractivity contribution in [3.63, 3.8) is 0 Å². The number of carbonyl (C=O) groups excluding carboxylic acids is 4. The third-order valence-electron chi connectivity index (χ3n) is 16.4. The molecule has 8 rings (SSSR count). The summed E-state index contributed by atoms with van der Waals surface area (Å²) in [5.74, 6) is -8.03. The van der Waals surface area contributed by atoms with Crippen molar-refractivity contribution >= 4 is 23.6 Å². The summed E-state index contributed by atoms with van der Waals surface area (Å²) in [4.78, 5) is 55.3. The number of phenolic OH excluding ortho intramolecular Hbond substituents is 1. The molecular weight excluding hydrogens is 979 g/mol. The first-order chi connectivity index (χ1) is 34.8. The number of amides is 1. The lowest BCUT2D eigenvalue weighted by Crippen LogP contribution is -2.85. The highest BCUT2D eigenvalue weighted by atomic mass is 16.7. The number of fused-ring (bicyclic) bond motifs is 4. The van der Waals surface area contributed by atoms with Crippen molar-refractivity contribution in [2.24, 2.45) is 23.5 Å². The van der Waals surface area contributed by atoms with Gasteiger partial charge in [0.05, 0.1) is 65.7 Å². The number of benzene rings is 1. The number of ketones is 2. The molecule has 0 bridgehead atoms. The average Bonchev–Trinajstić information content (AvgIpc) is 3.31. The second-order valence-corrected chi connectivity index (χ2v) is 21.3. The maximum absolute atomic E-state index is 15.3. The van der Waals surface area contributed by atoms with Crippen LogP contribution < -0.4 is 5.73 Å². The van der Waals surface area contributed by atoms with E-state index in [0.717, 1.165) is 6.92 Å². The van der Waals surface area contributed by atoms with Crippen LogP contribution in [0.4, 0.5) is 4.79 Å². The summed E-state index contributed by atoms with van der Waals surface area (Å²) >= 11 is 0. The number of ether oxygens (including phenoxy) is 12. The van der Waals surface area contributed by atoms with Crippen molar-refractivity contribution in [3.05, 3.63) is 40.5 Å². The Balaban J connectivity index is 1.11. The van der Waals surface area contributed by atoms with Gasteiger partial charge in [0, 0.05) is 63.9 Å². The molecule has 8 N–H and O–H groups in total. The van der Waals surface area contributed by atoms with E-state index in [2.05, 4.69) is 0 Å². The third kappa shape index (κ3) is 9.93. The van der Waals surface area contributed by atoms with Crippen molar-refractivity contribution in [2.45, 2.75) is 209 Å². The number of phenols is 1. The van der Waals surface area contributed by atoms with Gasteiger partial charge in [-0.3, -0.25) is 14.4 Å². The lowest BCUT2D eigenvalue weighted by atomic mass is 9.48. The van der Waals surface area contributed by atoms with Crippen LogP contribution in [0.25, 0.3) is 0 Å². The Kier molecular flexibility index (Phi) is 16.5. The monoisotopic (exact) mass is 1050 g/mol. The van der Waals surface area contributed by atoms with Gasteiger partial charge in [0.1, 0.15) is 48.7 Å². The largest absolute Gasteiger partial charge is 0.507 e. The summed E-state index contributed by atoms with van der Waals surface area (Å²) in [5.41, 5.74) is -2.68. The van der Waals surface area contributed by atoms with E-state index in [-0.39, 0.29) is 41.9 Å². The van der Waals surface area contributed by atoms with Crippen LogP contribution in [0.15, 0.2) is 23.8 Å². The number of nitrogens with two attached hydrogens (primary N) is 1. The Morgan fingerprint density at radius 2 is 1.49 bits per heavy atom. The SMILES string of the molecule is COCO[C@@H]1C(C)=C[C@H](OC2CC(OC)C(OC(N)=O)C(C)O2)[C@@]2(O)C3C(=O)c4ccc(C5CC(OC6CC(C)(O)C(OC7CCC(O)C(C)O7)C(C)O6)C(C)C(C)O5)c(O)c4C(=O)C3[C@H](O)[C@H](OC(C)=O)[C@@]12O. The number of carbonyl (C=O) groups is 4. The lowest BCUT2D eigenvalue weighted by molar-refractivity contribution is -0.353. The van der Waals surface area contributed by atoms with E-state index in [9.17, 15) is 40.2 Å². The number of methoxy groups -OCH3 is 2. The average molecular weight is 1050 g/mol. The van der Waals surface area contributed by atoms with E-state index in [1.165, 1.54) is 39.4 Å². The molecular formula is C51H73NO22. The smallest absolute Gasteiger partial charge is 0.404 e. The van der Waals surface area contributed by atoms with Gasteiger partial charge in [-0.25, -0.2) is 4.79 Å². The van der Waals surface area contributed by atoms with Crippen molar-refractivity contribution in [1.29, 1.82) is 0 Å². The predicted molar refractivity (Wildman–Crippen MR) is 251 cm³/mol. The summed E-state index contributed by atoms with van der Waals surface area (Å²) in [6.07, 6.45) is -16.9. The molecule has 23 atom stereocenters. The molecule has 5 fully saturated rings. The zero-order valence-electron chi connectivity index (χ0n) is 43.3. The number of aliphatic hydroxyl groups excluding tert-OH is 2. The second-order valence-electron chi connectivity index (χ2n) is 21.3. The number of aliphatic hydroxyl groups is 5. The number of rotatable bonds is 13. The van der Waals surface area contributed by atoms with Gasteiger partial charge in [0.25, 0.3) is 0 Å². The van der Waals surface area contributed by atoms with E-state index in [1.807, 2.05) is 13.8 Å². The van der Waals surface area contributed by atoms with Gasteiger partial charge in [-0.1, -0.05) is 25.1 Å². The van der Waals surface area contributed by atoms with E-state index < -0.39 is 175 Å². The Hall–Kier alpha value is -3.76. The number of hydrogen-bond donors (Lipinski definition) is 7. The number of hydrogen-bond acceptors (Lipinski definition) is 22. The molecule has 7 aliphatic rings. The molecule has 1 aromatic carbocycles. The summed E-state index contributed by atoms with van der Waals surface area (Å²) in [7, 11) is 2.65. The first kappa shape index (κ1) is 56.4. The maximum Gasteiger partial charge on any atom is 0.404 e. The van der Waals surface area contributed by atoms with Gasteiger partial charge in [0.15, 0.2) is 48.2 Å². The van der Waals surface area contributed by atoms with Crippen molar-refractivity contribution in [2.75, 3.05) is 21.0 Å². The molecule has 23 heteroatoms. The van der Waals surface area contributed by atoms with Gasteiger partial charge in [-0.15, -0.1) is 0 Å². The molecule has 0 spiro atoms. The van der Waals surface area contributed by atoms with Crippen LogP contribution in [0.2, 0.25) is 0 Å². The van der Waals surface area contributed by atoms with Crippen LogP contribution >= 0.6 is 0 Å². The standard InChI is InChI=1S/C51H73NO22/c1-20-15-33(72-35-17-32(64-10)44(24(5)68-35)74-48(52)59)50(61)39-38(43(58)47(70-26(7)53)51(50,62)45(20)65-19-63-9)42(57)37-28(41(39)56)12-11-27(40(37)55)31-16-30(21(2)22(3)66-31)71-36-18-49(8,60)46(25(6)69-36)73-34-14-13-29(54)23(4)67-34/h11-12,15,21-25,29-36,38-39,43-47,54-55,58,60-62H,13-14,16-19H2,1-10H3,(H2,52,59)/t21?,22?,23?,24?,25?,29?,30?,31?,32?,33-,34?,35?,36?,38?,39?,43-,44?,45+,46?,47-,49?,50+,51-/m0/s1. The van der Waals surface area contributed by atoms with Crippen LogP contribution in [0, 0.1) is 17.8 Å². The van der Waals surface area contributed by atoms with Crippen LogP contribution in [-0.2, 0) is 61.6 Å². The molecule has 4 saturated heterocycles. The zero-order chi connectivity index (χ0) is 54.1. The zero-order valence-corrected chi connectivity index (χ0v) is 43.3. The molecule has 1 aromatic rings. The maximum atomic E-state index is 15.3. The lowest BCUT2D eigenvalue weighted by Gasteiger charge is -2.63. The van der Waals surface area contributed by atoms with Gasteiger partial charge in [0.2, 0.25) is 0 Å². The highest BCUT2D eigenvalue weighted by Gasteiger charge is 2.79. The van der Waals surface area contributed by atoms with Crippen molar-refractivity contribution < 1.29 is 107 Å². The van der Waals surface area contributed by atoms with Crippen LogP contribution in [-0.4, -0.2) is 190 Å². The quantitative estimate of drug-likeness (QED) is 0.0841. The van der Waals surface area contributed by atoms with E-state index in [4.69, 9.17) is 62.6 Å². The number of esters is 1. The molecule has 17 unspecified atom stereocenters. The summed E-state index contributed by atoms with van der Waals surface area (Å²) in [6, 6.07) is 2.71. The Morgan fingerprint density at radius 1 is 0.797 bits per heavy atom. The van der Waals surface area contributed by atoms with Crippen molar-refractivity contribution in [3.8, 4) is 5.75 Å². The molecule has 23 nitrogen and oxygen atoms in total. The normalized spacial score (nSPS) is 45.4. The molecule has 414 valence electrons. The summed E-state index contributed by atoms with van der Waals surface area (Å²) in [5, 5.41) is 73.3. The molecule has 74 heavy (non-hydrogen) atoms.